The second-order valence-corrected chi connectivity index (χ2v) is 2.04. The topological polar surface area (TPSA) is 69.6 Å². The average Bonchev–Trinajstić information content (AvgIpc) is 1.84. The molecule has 0 heterocycles. The summed E-state index contributed by atoms with van der Waals surface area (Å²) < 4.78 is 0. The van der Waals surface area contributed by atoms with Crippen LogP contribution in [-0.2, 0) is 4.79 Å². The zero-order valence-electron chi connectivity index (χ0n) is 5.46. The Morgan fingerprint density at radius 2 is 2.00 bits per heavy atom. The molecule has 0 aliphatic heterocycles. The molecule has 2 atom stereocenters. The van der Waals surface area contributed by atoms with Gasteiger partial charge in [0.15, 0.2) is 0 Å². The highest BCUT2D eigenvalue weighted by Crippen LogP contribution is 2.00. The van der Waals surface area contributed by atoms with Gasteiger partial charge < -0.3 is 10.3 Å². The largest absolute Gasteiger partial charge is 0.481 e. The van der Waals surface area contributed by atoms with E-state index in [4.69, 9.17) is 10.3 Å². The van der Waals surface area contributed by atoms with E-state index in [-0.39, 0.29) is 0 Å². The summed E-state index contributed by atoms with van der Waals surface area (Å²) in [5.41, 5.74) is 1.87. The molecule has 0 aromatic rings. The van der Waals surface area contributed by atoms with Gasteiger partial charge in [-0.2, -0.15) is 0 Å². The van der Waals surface area contributed by atoms with Crippen LogP contribution in [0, 0.1) is 5.92 Å². The number of hydrogen-bond acceptors (Lipinski definition) is 3. The van der Waals surface area contributed by atoms with Crippen molar-refractivity contribution >= 4 is 5.97 Å². The molecule has 0 bridgehead atoms. The quantitative estimate of drug-likeness (QED) is 0.477. The minimum Gasteiger partial charge on any atom is -0.481 e. The molecular weight excluding hydrogens is 122 g/mol. The van der Waals surface area contributed by atoms with Crippen LogP contribution in [0.3, 0.4) is 0 Å². The monoisotopic (exact) mass is 133 g/mol. The molecule has 3 N–H and O–H groups in total. The molecule has 0 fully saturated rings. The Morgan fingerprint density at radius 3 is 2.11 bits per heavy atom. The van der Waals surface area contributed by atoms with Crippen LogP contribution in [-0.4, -0.2) is 22.3 Å². The molecule has 0 saturated carbocycles. The fourth-order valence-electron chi connectivity index (χ4n) is 0.326. The van der Waals surface area contributed by atoms with Crippen LogP contribution in [0.25, 0.3) is 0 Å². The molecule has 0 saturated heterocycles. The van der Waals surface area contributed by atoms with Crippen molar-refractivity contribution in [1.29, 1.82) is 0 Å². The van der Waals surface area contributed by atoms with Gasteiger partial charge in [-0.25, -0.2) is 5.48 Å². The van der Waals surface area contributed by atoms with Gasteiger partial charge in [-0.05, 0) is 6.92 Å². The van der Waals surface area contributed by atoms with Crippen molar-refractivity contribution in [3.05, 3.63) is 0 Å². The van der Waals surface area contributed by atoms with E-state index in [0.717, 1.165) is 0 Å². The third-order valence-corrected chi connectivity index (χ3v) is 1.34. The van der Waals surface area contributed by atoms with Crippen molar-refractivity contribution in [1.82, 2.24) is 5.48 Å². The summed E-state index contributed by atoms with van der Waals surface area (Å²) in [5, 5.41) is 16.6. The van der Waals surface area contributed by atoms with Gasteiger partial charge >= 0.3 is 5.97 Å². The maximum Gasteiger partial charge on any atom is 0.307 e. The molecule has 0 aliphatic rings. The summed E-state index contributed by atoms with van der Waals surface area (Å²) in [7, 11) is 0. The smallest absolute Gasteiger partial charge is 0.307 e. The lowest BCUT2D eigenvalue weighted by Gasteiger charge is -2.12. The summed E-state index contributed by atoms with van der Waals surface area (Å²) in [6, 6.07) is -0.400. The number of aliphatic carboxylic acids is 1. The summed E-state index contributed by atoms with van der Waals surface area (Å²) in [6.07, 6.45) is 0. The number of nitrogens with one attached hydrogen (secondary N) is 1. The van der Waals surface area contributed by atoms with Gasteiger partial charge in [0.25, 0.3) is 0 Å². The van der Waals surface area contributed by atoms with E-state index >= 15 is 0 Å². The molecule has 4 heteroatoms. The lowest BCUT2D eigenvalue weighted by Crippen LogP contribution is -2.33. The minimum atomic E-state index is -0.913. The normalized spacial score (nSPS) is 16.8. The molecular formula is C5H11NO3. The predicted molar refractivity (Wildman–Crippen MR) is 31.2 cm³/mol. The van der Waals surface area contributed by atoms with E-state index in [0.29, 0.717) is 0 Å². The molecule has 0 aromatic carbocycles. The van der Waals surface area contributed by atoms with E-state index < -0.39 is 17.9 Å². The van der Waals surface area contributed by atoms with Gasteiger partial charge in [0.05, 0.1) is 5.92 Å². The van der Waals surface area contributed by atoms with E-state index in [1.165, 1.54) is 6.92 Å². The van der Waals surface area contributed by atoms with E-state index in [1.54, 1.807) is 6.92 Å². The van der Waals surface area contributed by atoms with Gasteiger partial charge in [0.1, 0.15) is 0 Å². The fraction of sp³-hybridized carbons (Fsp3) is 0.800. The molecule has 9 heavy (non-hydrogen) atoms. The Kier molecular flexibility index (Phi) is 3.19. The summed E-state index contributed by atoms with van der Waals surface area (Å²) in [6.45, 7) is 3.12. The highest BCUT2D eigenvalue weighted by Gasteiger charge is 2.17. The fourth-order valence-corrected chi connectivity index (χ4v) is 0.326. The Balaban J connectivity index is 3.72. The number of rotatable bonds is 3. The first-order valence-electron chi connectivity index (χ1n) is 2.72. The third-order valence-electron chi connectivity index (χ3n) is 1.34. The molecule has 54 valence electrons. The first-order valence-corrected chi connectivity index (χ1v) is 2.72. The number of hydrogen-bond donors (Lipinski definition) is 3. The highest BCUT2D eigenvalue weighted by molar-refractivity contribution is 5.70. The van der Waals surface area contributed by atoms with Crippen LogP contribution in [0.15, 0.2) is 0 Å². The van der Waals surface area contributed by atoms with Gasteiger partial charge in [-0.1, -0.05) is 6.92 Å². The van der Waals surface area contributed by atoms with Crippen molar-refractivity contribution < 1.29 is 15.1 Å². The average molecular weight is 133 g/mol. The SMILES string of the molecule is CC(NO)C(C)C(=O)O. The Hall–Kier alpha value is -0.610. The Labute approximate surface area is 53.5 Å². The summed E-state index contributed by atoms with van der Waals surface area (Å²) >= 11 is 0. The molecule has 0 amide bonds. The van der Waals surface area contributed by atoms with Crippen molar-refractivity contribution in [3.8, 4) is 0 Å². The second kappa shape index (κ2) is 3.42. The first-order chi connectivity index (χ1) is 4.09. The molecule has 0 spiro atoms. The number of carboxylic acids is 1. The summed E-state index contributed by atoms with van der Waals surface area (Å²) in [4.78, 5) is 10.1. The van der Waals surface area contributed by atoms with Crippen LogP contribution in [0.5, 0.6) is 0 Å². The Bertz CT molecular complexity index is 104. The first kappa shape index (κ1) is 8.39. The molecule has 0 aliphatic carbocycles. The van der Waals surface area contributed by atoms with Crippen LogP contribution in [0.2, 0.25) is 0 Å². The molecule has 4 nitrogen and oxygen atoms in total. The minimum absolute atomic E-state index is 0.400. The summed E-state index contributed by atoms with van der Waals surface area (Å²) in [5.74, 6) is -1.47. The van der Waals surface area contributed by atoms with Crippen molar-refractivity contribution in [2.75, 3.05) is 0 Å². The number of hydroxylamine groups is 1. The lowest BCUT2D eigenvalue weighted by molar-refractivity contribution is -0.143. The molecule has 0 radical (unpaired) electrons. The standard InChI is InChI=1S/C5H11NO3/c1-3(5(7)8)4(2)6-9/h3-4,6,9H,1-2H3,(H,7,8). The lowest BCUT2D eigenvalue weighted by atomic mass is 10.1. The molecule has 0 aromatic heterocycles. The van der Waals surface area contributed by atoms with Crippen molar-refractivity contribution in [2.45, 2.75) is 19.9 Å². The Morgan fingerprint density at radius 1 is 1.56 bits per heavy atom. The van der Waals surface area contributed by atoms with Crippen molar-refractivity contribution in [2.24, 2.45) is 5.92 Å². The van der Waals surface area contributed by atoms with Crippen LogP contribution >= 0.6 is 0 Å². The zero-order chi connectivity index (χ0) is 7.44. The third kappa shape index (κ3) is 2.43. The predicted octanol–water partition coefficient (Wildman–Crippen LogP) is 0.0744. The van der Waals surface area contributed by atoms with Gasteiger partial charge in [0.2, 0.25) is 0 Å². The van der Waals surface area contributed by atoms with E-state index in [9.17, 15) is 4.79 Å². The van der Waals surface area contributed by atoms with E-state index in [2.05, 4.69) is 0 Å². The van der Waals surface area contributed by atoms with Gasteiger partial charge in [0, 0.05) is 6.04 Å². The van der Waals surface area contributed by atoms with Gasteiger partial charge in [-0.3, -0.25) is 4.79 Å². The number of carbonyl (C=O) groups is 1. The maximum absolute atomic E-state index is 10.1. The van der Waals surface area contributed by atoms with Crippen LogP contribution in [0.1, 0.15) is 13.8 Å². The molecule has 0 rings (SSSR count). The van der Waals surface area contributed by atoms with E-state index in [1.807, 2.05) is 5.48 Å². The maximum atomic E-state index is 10.1. The van der Waals surface area contributed by atoms with Crippen LogP contribution < -0.4 is 5.48 Å². The van der Waals surface area contributed by atoms with Crippen LogP contribution in [0.4, 0.5) is 0 Å². The zero-order valence-corrected chi connectivity index (χ0v) is 5.46. The van der Waals surface area contributed by atoms with Crippen molar-refractivity contribution in [3.63, 3.8) is 0 Å². The number of carboxylic acid groups (broad SMARTS) is 1. The second-order valence-electron chi connectivity index (χ2n) is 2.04. The van der Waals surface area contributed by atoms with Gasteiger partial charge in [-0.15, -0.1) is 0 Å². The highest BCUT2D eigenvalue weighted by atomic mass is 16.5. The molecule has 2 unspecified atom stereocenters.